The second-order valence-corrected chi connectivity index (χ2v) is 4.45. The van der Waals surface area contributed by atoms with Gasteiger partial charge in [-0.2, -0.15) is 0 Å². The van der Waals surface area contributed by atoms with Gasteiger partial charge >= 0.3 is 48.4 Å². The molecule has 100 valence electrons. The zero-order valence-electron chi connectivity index (χ0n) is 12.6. The van der Waals surface area contributed by atoms with E-state index >= 15 is 0 Å². The fourth-order valence-electron chi connectivity index (χ4n) is 1.81. The smallest absolute Gasteiger partial charge is 0.549 e. The van der Waals surface area contributed by atoms with Gasteiger partial charge in [-0.3, -0.25) is 0 Å². The van der Waals surface area contributed by atoms with Gasteiger partial charge in [-0.15, -0.1) is 0 Å². The van der Waals surface area contributed by atoms with Gasteiger partial charge in [0.2, 0.25) is 0 Å². The number of aliphatic carboxylic acids is 2. The molecule has 0 amide bonds. The summed E-state index contributed by atoms with van der Waals surface area (Å²) < 4.78 is 0. The van der Waals surface area contributed by atoms with E-state index in [9.17, 15) is 19.8 Å². The van der Waals surface area contributed by atoms with Crippen LogP contribution in [0.2, 0.25) is 0 Å². The number of unbranched alkanes of at least 4 members (excludes halogenated alkanes) is 7. The van der Waals surface area contributed by atoms with Crippen LogP contribution >= 0.6 is 0 Å². The van der Waals surface area contributed by atoms with Crippen LogP contribution in [0.25, 0.3) is 0 Å². The Bertz CT molecular complexity index is 223. The van der Waals surface area contributed by atoms with E-state index in [1.54, 1.807) is 0 Å². The fourth-order valence-corrected chi connectivity index (χ4v) is 1.81. The van der Waals surface area contributed by atoms with Crippen LogP contribution in [-0.4, -0.2) is 11.9 Å². The van der Waals surface area contributed by atoms with E-state index in [4.69, 9.17) is 0 Å². The number of hydrogen-bond donors (Lipinski definition) is 0. The number of carbonyl (C=O) groups excluding carboxylic acids is 2. The van der Waals surface area contributed by atoms with Crippen LogP contribution in [-0.2, 0) is 9.59 Å². The standard InChI is InChI=1S/C13H24O4.Li.Na/c1-2-3-4-5-6-7-8-9-10-11(12(14)15)13(16)17;;/h11H,2-10H2,1H3,(H,14,15)(H,16,17);;/q;2*+1/p-2. The Kier molecular flexibility index (Phi) is 21.4. The van der Waals surface area contributed by atoms with Gasteiger partial charge in [-0.05, 0) is 6.42 Å². The van der Waals surface area contributed by atoms with E-state index in [0.717, 1.165) is 19.3 Å². The third kappa shape index (κ3) is 14.8. The summed E-state index contributed by atoms with van der Waals surface area (Å²) in [5, 5.41) is 20.9. The van der Waals surface area contributed by atoms with Crippen molar-refractivity contribution in [3.05, 3.63) is 0 Å². The number of carboxylic acids is 2. The summed E-state index contributed by atoms with van der Waals surface area (Å²) in [4.78, 5) is 20.9. The molecular weight excluding hydrogens is 250 g/mol. The predicted molar refractivity (Wildman–Crippen MR) is 60.7 cm³/mol. The first-order valence-electron chi connectivity index (χ1n) is 6.51. The molecule has 0 heterocycles. The second-order valence-electron chi connectivity index (χ2n) is 4.45. The molecule has 0 aromatic carbocycles. The van der Waals surface area contributed by atoms with Crippen molar-refractivity contribution in [2.45, 2.75) is 64.7 Å². The Morgan fingerprint density at radius 2 is 1.21 bits per heavy atom. The minimum absolute atomic E-state index is 0. The molecule has 19 heavy (non-hydrogen) atoms. The first kappa shape index (κ1) is 24.5. The third-order valence-electron chi connectivity index (χ3n) is 2.92. The minimum atomic E-state index is -1.53. The van der Waals surface area contributed by atoms with Crippen LogP contribution in [0.1, 0.15) is 64.7 Å². The maximum atomic E-state index is 10.4. The Morgan fingerprint density at radius 1 is 0.842 bits per heavy atom. The number of hydrogen-bond acceptors (Lipinski definition) is 4. The molecule has 0 aromatic rings. The van der Waals surface area contributed by atoms with Crippen molar-refractivity contribution in [3.8, 4) is 0 Å². The normalized spacial score (nSPS) is 9.58. The molecule has 0 radical (unpaired) electrons. The Labute approximate surface area is 150 Å². The number of carboxylic acid groups (broad SMARTS) is 2. The zero-order valence-corrected chi connectivity index (χ0v) is 14.6. The molecule has 6 heteroatoms. The van der Waals surface area contributed by atoms with Crippen molar-refractivity contribution >= 4 is 11.9 Å². The molecule has 0 N–H and O–H groups in total. The van der Waals surface area contributed by atoms with Gasteiger partial charge in [0.05, 0.1) is 11.9 Å². The van der Waals surface area contributed by atoms with Crippen LogP contribution in [0.5, 0.6) is 0 Å². The molecule has 0 aliphatic heterocycles. The molecule has 0 fully saturated rings. The van der Waals surface area contributed by atoms with Crippen LogP contribution in [0, 0.1) is 5.92 Å². The van der Waals surface area contributed by atoms with Gasteiger partial charge in [0, 0.05) is 5.92 Å². The summed E-state index contributed by atoms with van der Waals surface area (Å²) in [6, 6.07) is 0. The van der Waals surface area contributed by atoms with Gasteiger partial charge in [-0.25, -0.2) is 0 Å². The van der Waals surface area contributed by atoms with Gasteiger partial charge < -0.3 is 19.8 Å². The van der Waals surface area contributed by atoms with Crippen LogP contribution < -0.4 is 58.6 Å². The van der Waals surface area contributed by atoms with Crippen molar-refractivity contribution in [1.29, 1.82) is 0 Å². The van der Waals surface area contributed by atoms with Gasteiger partial charge in [-0.1, -0.05) is 58.3 Å². The average molecular weight is 272 g/mol. The monoisotopic (exact) mass is 272 g/mol. The Balaban J connectivity index is -0.00000128. The summed E-state index contributed by atoms with van der Waals surface area (Å²) in [5.74, 6) is -4.52. The van der Waals surface area contributed by atoms with Gasteiger partial charge in [0.1, 0.15) is 0 Å². The summed E-state index contributed by atoms with van der Waals surface area (Å²) in [6.07, 6.45) is 8.73. The second kappa shape index (κ2) is 16.6. The van der Waals surface area contributed by atoms with E-state index in [1.807, 2.05) is 0 Å². The molecule has 0 aliphatic carbocycles. The predicted octanol–water partition coefficient (Wildman–Crippen LogP) is -5.36. The van der Waals surface area contributed by atoms with E-state index in [2.05, 4.69) is 6.92 Å². The summed E-state index contributed by atoms with van der Waals surface area (Å²) in [7, 11) is 0. The summed E-state index contributed by atoms with van der Waals surface area (Å²) >= 11 is 0. The topological polar surface area (TPSA) is 80.3 Å². The molecule has 0 aliphatic rings. The molecule has 0 aromatic heterocycles. The van der Waals surface area contributed by atoms with E-state index < -0.39 is 17.9 Å². The molecule has 0 bridgehead atoms. The van der Waals surface area contributed by atoms with Crippen molar-refractivity contribution in [3.63, 3.8) is 0 Å². The molecular formula is C13H22LiNaO4. The zero-order chi connectivity index (χ0) is 13.1. The fraction of sp³-hybridized carbons (Fsp3) is 0.846. The maximum absolute atomic E-state index is 10.4. The largest absolute Gasteiger partial charge is 1.00 e. The van der Waals surface area contributed by atoms with Crippen molar-refractivity contribution in [2.24, 2.45) is 5.92 Å². The number of rotatable bonds is 11. The molecule has 0 saturated heterocycles. The summed E-state index contributed by atoms with van der Waals surface area (Å²) in [6.45, 7) is 2.17. The van der Waals surface area contributed by atoms with Crippen LogP contribution in [0.3, 0.4) is 0 Å². The van der Waals surface area contributed by atoms with E-state index in [0.29, 0.717) is 6.42 Å². The number of carbonyl (C=O) groups is 2. The van der Waals surface area contributed by atoms with Crippen molar-refractivity contribution in [2.75, 3.05) is 0 Å². The SMILES string of the molecule is CCCCCCCCCCC(C(=O)[O-])C(=O)[O-].[Li+].[Na+]. The molecule has 0 atom stereocenters. The average Bonchev–Trinajstić information content (AvgIpc) is 2.26. The first-order chi connectivity index (χ1) is 8.09. The quantitative estimate of drug-likeness (QED) is 0.214. The maximum Gasteiger partial charge on any atom is 1.00 e. The molecule has 4 nitrogen and oxygen atoms in total. The van der Waals surface area contributed by atoms with Crippen molar-refractivity contribution < 1.29 is 68.2 Å². The Hall–Kier alpha value is 0.537. The molecule has 0 rings (SSSR count). The van der Waals surface area contributed by atoms with Crippen LogP contribution in [0.15, 0.2) is 0 Å². The molecule has 0 saturated carbocycles. The van der Waals surface area contributed by atoms with Crippen LogP contribution in [0.4, 0.5) is 0 Å². The third-order valence-corrected chi connectivity index (χ3v) is 2.92. The molecule has 0 spiro atoms. The Morgan fingerprint density at radius 3 is 1.58 bits per heavy atom. The summed E-state index contributed by atoms with van der Waals surface area (Å²) in [5.41, 5.74) is 0. The van der Waals surface area contributed by atoms with Crippen molar-refractivity contribution in [1.82, 2.24) is 0 Å². The van der Waals surface area contributed by atoms with E-state index in [1.165, 1.54) is 25.7 Å². The minimum Gasteiger partial charge on any atom is -0.549 e. The van der Waals surface area contributed by atoms with Gasteiger partial charge in [0.15, 0.2) is 0 Å². The van der Waals surface area contributed by atoms with E-state index in [-0.39, 0.29) is 54.8 Å². The van der Waals surface area contributed by atoms with Gasteiger partial charge in [0.25, 0.3) is 0 Å². The first-order valence-corrected chi connectivity index (χ1v) is 6.51. The molecule has 0 unspecified atom stereocenters.